The first-order valence-electron chi connectivity index (χ1n) is 7.71. The van der Waals surface area contributed by atoms with Gasteiger partial charge in [-0.15, -0.1) is 0 Å². The number of furan rings is 1. The second kappa shape index (κ2) is 7.84. The fourth-order valence-electron chi connectivity index (χ4n) is 2.26. The van der Waals surface area contributed by atoms with Crippen molar-refractivity contribution in [2.75, 3.05) is 18.0 Å². The van der Waals surface area contributed by atoms with Crippen LogP contribution in [0.15, 0.2) is 41.1 Å². The molecule has 0 saturated heterocycles. The van der Waals surface area contributed by atoms with E-state index < -0.39 is 0 Å². The van der Waals surface area contributed by atoms with Crippen molar-refractivity contribution in [2.45, 2.75) is 39.8 Å². The lowest BCUT2D eigenvalue weighted by molar-refractivity contribution is 0.502. The van der Waals surface area contributed by atoms with Crippen LogP contribution in [0, 0.1) is 0 Å². The molecule has 0 amide bonds. The van der Waals surface area contributed by atoms with Gasteiger partial charge in [0, 0.05) is 18.8 Å². The van der Waals surface area contributed by atoms with Crippen LogP contribution in [0.4, 0.5) is 5.82 Å². The third-order valence-corrected chi connectivity index (χ3v) is 3.60. The van der Waals surface area contributed by atoms with E-state index in [1.54, 1.807) is 6.26 Å². The van der Waals surface area contributed by atoms with Gasteiger partial charge in [-0.25, -0.2) is 4.98 Å². The van der Waals surface area contributed by atoms with Crippen LogP contribution in [-0.2, 0) is 6.54 Å². The summed E-state index contributed by atoms with van der Waals surface area (Å²) < 4.78 is 5.41. The minimum atomic E-state index is 0.339. The standard InChI is InChI=1S/C17H25N3O/c1-4-10-18-14(3)15-8-9-17(19-12-15)20(5-2)13-16-7-6-11-21-16/h6-9,11-12,14,18H,4-5,10,13H2,1-3H3. The van der Waals surface area contributed by atoms with Crippen LogP contribution in [0.1, 0.15) is 44.6 Å². The molecular formula is C17H25N3O. The minimum absolute atomic E-state index is 0.339. The molecule has 0 aliphatic carbocycles. The highest BCUT2D eigenvalue weighted by Crippen LogP contribution is 2.18. The second-order valence-corrected chi connectivity index (χ2v) is 5.22. The Morgan fingerprint density at radius 1 is 1.29 bits per heavy atom. The second-order valence-electron chi connectivity index (χ2n) is 5.22. The maximum absolute atomic E-state index is 5.41. The van der Waals surface area contributed by atoms with Crippen molar-refractivity contribution in [3.63, 3.8) is 0 Å². The first-order chi connectivity index (χ1) is 10.2. The van der Waals surface area contributed by atoms with Gasteiger partial charge in [-0.05, 0) is 50.6 Å². The van der Waals surface area contributed by atoms with E-state index in [9.17, 15) is 0 Å². The normalized spacial score (nSPS) is 12.3. The van der Waals surface area contributed by atoms with E-state index in [0.717, 1.165) is 37.6 Å². The van der Waals surface area contributed by atoms with E-state index in [2.05, 4.69) is 48.1 Å². The molecule has 2 heterocycles. The number of aromatic nitrogens is 1. The van der Waals surface area contributed by atoms with Crippen molar-refractivity contribution in [1.29, 1.82) is 0 Å². The van der Waals surface area contributed by atoms with Gasteiger partial charge in [-0.1, -0.05) is 13.0 Å². The summed E-state index contributed by atoms with van der Waals surface area (Å²) in [5.41, 5.74) is 1.22. The quantitative estimate of drug-likeness (QED) is 0.802. The zero-order chi connectivity index (χ0) is 15.1. The Labute approximate surface area is 127 Å². The molecule has 2 aromatic rings. The van der Waals surface area contributed by atoms with E-state index in [1.807, 2.05) is 18.3 Å². The van der Waals surface area contributed by atoms with E-state index in [4.69, 9.17) is 4.42 Å². The number of nitrogens with one attached hydrogen (secondary N) is 1. The molecule has 1 atom stereocenters. The number of hydrogen-bond donors (Lipinski definition) is 1. The minimum Gasteiger partial charge on any atom is -0.467 e. The van der Waals surface area contributed by atoms with Gasteiger partial charge in [0.25, 0.3) is 0 Å². The average molecular weight is 287 g/mol. The highest BCUT2D eigenvalue weighted by atomic mass is 16.3. The number of anilines is 1. The summed E-state index contributed by atoms with van der Waals surface area (Å²) in [6.07, 6.45) is 4.82. The Bertz CT molecular complexity index is 507. The number of rotatable bonds is 8. The summed E-state index contributed by atoms with van der Waals surface area (Å²) in [6, 6.07) is 8.49. The Hall–Kier alpha value is -1.81. The molecule has 4 nitrogen and oxygen atoms in total. The topological polar surface area (TPSA) is 41.3 Å². The van der Waals surface area contributed by atoms with E-state index in [1.165, 1.54) is 5.56 Å². The molecule has 0 saturated carbocycles. The highest BCUT2D eigenvalue weighted by Gasteiger charge is 2.10. The summed E-state index contributed by atoms with van der Waals surface area (Å²) in [6.45, 7) is 9.16. The molecule has 2 aromatic heterocycles. The van der Waals surface area contributed by atoms with E-state index >= 15 is 0 Å². The number of hydrogen-bond acceptors (Lipinski definition) is 4. The van der Waals surface area contributed by atoms with Gasteiger partial charge < -0.3 is 14.6 Å². The summed E-state index contributed by atoms with van der Waals surface area (Å²) in [5.74, 6) is 1.95. The SMILES string of the molecule is CCCNC(C)c1ccc(N(CC)Cc2ccco2)nc1. The lowest BCUT2D eigenvalue weighted by Gasteiger charge is -2.21. The van der Waals surface area contributed by atoms with E-state index in [0.29, 0.717) is 6.04 Å². The Morgan fingerprint density at radius 3 is 2.71 bits per heavy atom. The van der Waals surface area contributed by atoms with Crippen LogP contribution in [0.5, 0.6) is 0 Å². The van der Waals surface area contributed by atoms with Gasteiger partial charge in [-0.2, -0.15) is 0 Å². The predicted octanol–water partition coefficient (Wildman–Crippen LogP) is 3.76. The molecule has 0 aliphatic heterocycles. The van der Waals surface area contributed by atoms with Gasteiger partial charge in [-0.3, -0.25) is 0 Å². The van der Waals surface area contributed by atoms with Crippen molar-refractivity contribution < 1.29 is 4.42 Å². The van der Waals surface area contributed by atoms with Crippen molar-refractivity contribution >= 4 is 5.82 Å². The van der Waals surface area contributed by atoms with Crippen LogP contribution in [0.3, 0.4) is 0 Å². The lowest BCUT2D eigenvalue weighted by atomic mass is 10.1. The number of nitrogens with zero attached hydrogens (tertiary/aromatic N) is 2. The van der Waals surface area contributed by atoms with Gasteiger partial charge in [0.15, 0.2) is 0 Å². The Morgan fingerprint density at radius 2 is 2.14 bits per heavy atom. The van der Waals surface area contributed by atoms with Crippen molar-refractivity contribution in [3.8, 4) is 0 Å². The summed E-state index contributed by atoms with van der Waals surface area (Å²) in [7, 11) is 0. The third kappa shape index (κ3) is 4.33. The molecule has 114 valence electrons. The van der Waals surface area contributed by atoms with Crippen LogP contribution >= 0.6 is 0 Å². The van der Waals surface area contributed by atoms with Crippen molar-refractivity contribution in [2.24, 2.45) is 0 Å². The summed E-state index contributed by atoms with van der Waals surface area (Å²) in [4.78, 5) is 6.80. The Kier molecular flexibility index (Phi) is 5.81. The molecule has 0 bridgehead atoms. The van der Waals surface area contributed by atoms with Crippen LogP contribution in [0.2, 0.25) is 0 Å². The fourth-order valence-corrected chi connectivity index (χ4v) is 2.26. The first-order valence-corrected chi connectivity index (χ1v) is 7.71. The van der Waals surface area contributed by atoms with Gasteiger partial charge >= 0.3 is 0 Å². The zero-order valence-corrected chi connectivity index (χ0v) is 13.2. The molecule has 0 spiro atoms. The molecule has 1 unspecified atom stereocenters. The zero-order valence-electron chi connectivity index (χ0n) is 13.2. The maximum atomic E-state index is 5.41. The monoisotopic (exact) mass is 287 g/mol. The molecular weight excluding hydrogens is 262 g/mol. The van der Waals surface area contributed by atoms with Crippen molar-refractivity contribution in [1.82, 2.24) is 10.3 Å². The number of pyridine rings is 1. The molecule has 4 heteroatoms. The predicted molar refractivity (Wildman–Crippen MR) is 86.4 cm³/mol. The molecule has 2 rings (SSSR count). The first kappa shape index (κ1) is 15.6. The highest BCUT2D eigenvalue weighted by molar-refractivity contribution is 5.40. The van der Waals surface area contributed by atoms with Crippen LogP contribution < -0.4 is 10.2 Å². The molecule has 1 N–H and O–H groups in total. The van der Waals surface area contributed by atoms with Gasteiger partial charge in [0.1, 0.15) is 11.6 Å². The third-order valence-electron chi connectivity index (χ3n) is 3.60. The fraction of sp³-hybridized carbons (Fsp3) is 0.471. The van der Waals surface area contributed by atoms with Gasteiger partial charge in [0.2, 0.25) is 0 Å². The molecule has 0 fully saturated rings. The van der Waals surface area contributed by atoms with Gasteiger partial charge in [0.05, 0.1) is 12.8 Å². The lowest BCUT2D eigenvalue weighted by Crippen LogP contribution is -2.23. The molecule has 0 aliphatic rings. The van der Waals surface area contributed by atoms with Crippen molar-refractivity contribution in [3.05, 3.63) is 48.0 Å². The Balaban J connectivity index is 2.02. The largest absolute Gasteiger partial charge is 0.467 e. The average Bonchev–Trinajstić information content (AvgIpc) is 3.03. The maximum Gasteiger partial charge on any atom is 0.128 e. The molecule has 0 radical (unpaired) electrons. The molecule has 21 heavy (non-hydrogen) atoms. The summed E-state index contributed by atoms with van der Waals surface area (Å²) in [5, 5.41) is 3.48. The van der Waals surface area contributed by atoms with Crippen LogP contribution in [-0.4, -0.2) is 18.1 Å². The summed E-state index contributed by atoms with van der Waals surface area (Å²) >= 11 is 0. The van der Waals surface area contributed by atoms with Crippen LogP contribution in [0.25, 0.3) is 0 Å². The smallest absolute Gasteiger partial charge is 0.128 e. The van der Waals surface area contributed by atoms with E-state index in [-0.39, 0.29) is 0 Å². The molecule has 0 aromatic carbocycles.